The van der Waals surface area contributed by atoms with E-state index in [4.69, 9.17) is 16.3 Å². The summed E-state index contributed by atoms with van der Waals surface area (Å²) >= 11 is 9.52. The van der Waals surface area contributed by atoms with E-state index in [9.17, 15) is 28.7 Å². The highest BCUT2D eigenvalue weighted by molar-refractivity contribution is 9.10. The van der Waals surface area contributed by atoms with Crippen molar-refractivity contribution in [2.24, 2.45) is 29.1 Å². The van der Waals surface area contributed by atoms with Gasteiger partial charge in [-0.2, -0.15) is 0 Å². The molecule has 0 spiro atoms. The van der Waals surface area contributed by atoms with Gasteiger partial charge in [-0.3, -0.25) is 24.1 Å². The highest BCUT2D eigenvalue weighted by Crippen LogP contribution is 2.65. The number of allylic oxidation sites excluding steroid dienone is 2. The Labute approximate surface area is 255 Å². The van der Waals surface area contributed by atoms with Crippen molar-refractivity contribution in [1.82, 2.24) is 4.90 Å². The van der Waals surface area contributed by atoms with Crippen LogP contribution in [-0.4, -0.2) is 47.3 Å². The lowest BCUT2D eigenvalue weighted by molar-refractivity contribution is -0.140. The molecule has 2 aliphatic carbocycles. The van der Waals surface area contributed by atoms with Crippen LogP contribution in [0.15, 0.2) is 46.5 Å². The van der Waals surface area contributed by atoms with Crippen LogP contribution in [0.2, 0.25) is 5.02 Å². The number of amides is 4. The fourth-order valence-corrected chi connectivity index (χ4v) is 8.34. The van der Waals surface area contributed by atoms with Crippen LogP contribution in [0.25, 0.3) is 0 Å². The minimum atomic E-state index is -1.38. The zero-order valence-electron chi connectivity index (χ0n) is 23.2. The first-order chi connectivity index (χ1) is 19.9. The molecule has 0 radical (unpaired) electrons. The zero-order valence-corrected chi connectivity index (χ0v) is 25.5. The van der Waals surface area contributed by atoms with E-state index in [2.05, 4.69) is 15.9 Å². The van der Waals surface area contributed by atoms with Crippen LogP contribution >= 0.6 is 27.5 Å². The summed E-state index contributed by atoms with van der Waals surface area (Å²) in [6, 6.07) is 6.96. The highest BCUT2D eigenvalue weighted by atomic mass is 79.9. The number of halogens is 3. The SMILES string of the molecule is CCCN1C(=O)[C@H]2[C@H](CC=C3[C@H]2C[C@H]2C(=O)N(c4ccc(F)c(Cl)c4)C(=O)[C@@]2(C)[C@H]3c2cc(Br)cc(OC)c2O)C1=O. The molecule has 8 nitrogen and oxygen atoms in total. The predicted octanol–water partition coefficient (Wildman–Crippen LogP) is 5.60. The van der Waals surface area contributed by atoms with Crippen molar-refractivity contribution < 1.29 is 33.4 Å². The molecule has 2 aliphatic heterocycles. The number of rotatable bonds is 5. The van der Waals surface area contributed by atoms with E-state index in [0.29, 0.717) is 29.4 Å². The summed E-state index contributed by atoms with van der Waals surface area (Å²) in [5.41, 5.74) is -0.140. The van der Waals surface area contributed by atoms with Crippen molar-refractivity contribution in [3.8, 4) is 11.5 Å². The number of nitrogens with zero attached hydrogens (tertiary/aromatic N) is 2. The van der Waals surface area contributed by atoms with E-state index in [1.165, 1.54) is 24.1 Å². The van der Waals surface area contributed by atoms with Gasteiger partial charge in [0.05, 0.1) is 41.0 Å². The topological polar surface area (TPSA) is 104 Å². The van der Waals surface area contributed by atoms with Crippen LogP contribution in [0.4, 0.5) is 10.1 Å². The lowest BCUT2D eigenvalue weighted by atomic mass is 9.51. The lowest BCUT2D eigenvalue weighted by Crippen LogP contribution is -2.49. The molecule has 2 heterocycles. The van der Waals surface area contributed by atoms with Crippen molar-refractivity contribution in [3.63, 3.8) is 0 Å². The number of phenolic OH excluding ortho intramolecular Hbond substituents is 1. The Morgan fingerprint density at radius 2 is 1.86 bits per heavy atom. The molecule has 2 saturated heterocycles. The van der Waals surface area contributed by atoms with E-state index in [0.717, 1.165) is 16.5 Å². The molecule has 6 rings (SSSR count). The molecule has 1 saturated carbocycles. The minimum Gasteiger partial charge on any atom is -0.504 e. The average Bonchev–Trinajstić information content (AvgIpc) is 3.31. The Balaban J connectivity index is 1.56. The molecule has 220 valence electrons. The molecule has 0 aromatic heterocycles. The van der Waals surface area contributed by atoms with Gasteiger partial charge in [0.15, 0.2) is 11.5 Å². The number of fused-ring (bicyclic) bond motifs is 4. The van der Waals surface area contributed by atoms with Gasteiger partial charge in [-0.1, -0.05) is 46.1 Å². The second-order valence-corrected chi connectivity index (χ2v) is 13.0. The third-order valence-corrected chi connectivity index (χ3v) is 10.3. The molecule has 3 fully saturated rings. The lowest BCUT2D eigenvalue weighted by Gasteiger charge is -2.49. The number of carbonyl (C=O) groups excluding carboxylic acids is 4. The van der Waals surface area contributed by atoms with E-state index in [1.54, 1.807) is 19.1 Å². The van der Waals surface area contributed by atoms with Gasteiger partial charge in [0, 0.05) is 22.5 Å². The maximum Gasteiger partial charge on any atom is 0.241 e. The van der Waals surface area contributed by atoms with Gasteiger partial charge in [0.25, 0.3) is 0 Å². The smallest absolute Gasteiger partial charge is 0.241 e. The normalized spacial score (nSPS) is 30.3. The minimum absolute atomic E-state index is 0.137. The summed E-state index contributed by atoms with van der Waals surface area (Å²) in [5.74, 6) is -5.64. The van der Waals surface area contributed by atoms with E-state index < -0.39 is 52.6 Å². The molecule has 1 N–H and O–H groups in total. The highest BCUT2D eigenvalue weighted by Gasteiger charge is 2.68. The third kappa shape index (κ3) is 3.90. The number of benzene rings is 2. The number of phenols is 1. The number of imide groups is 2. The molecule has 42 heavy (non-hydrogen) atoms. The number of likely N-dealkylation sites (tertiary alicyclic amines) is 1. The standard InChI is InChI=1S/C31H29BrClFN2O6/c1-4-9-35-27(38)17-7-6-16-18(24(17)29(35)40)13-20-28(39)36(15-5-8-22(34)21(33)12-15)30(41)31(20,2)25(16)19-10-14(32)11-23(42-3)26(19)37/h5-6,8,10-12,17-18,20,24-25,37H,4,7,9,13H2,1-3H3/t17-,18+,20-,24-,25+,31+/m0/s1. The molecule has 0 unspecified atom stereocenters. The number of methoxy groups -OCH3 is 1. The van der Waals surface area contributed by atoms with E-state index in [-0.39, 0.29) is 40.4 Å². The summed E-state index contributed by atoms with van der Waals surface area (Å²) < 4.78 is 20.0. The van der Waals surface area contributed by atoms with Gasteiger partial charge < -0.3 is 9.84 Å². The van der Waals surface area contributed by atoms with Crippen LogP contribution in [0.3, 0.4) is 0 Å². The van der Waals surface area contributed by atoms with Crippen LogP contribution in [-0.2, 0) is 19.2 Å². The Morgan fingerprint density at radius 3 is 2.52 bits per heavy atom. The summed E-state index contributed by atoms with van der Waals surface area (Å²) in [5, 5.41) is 11.2. The van der Waals surface area contributed by atoms with Crippen LogP contribution < -0.4 is 9.64 Å². The quantitative estimate of drug-likeness (QED) is 0.331. The average molecular weight is 660 g/mol. The van der Waals surface area contributed by atoms with Gasteiger partial charge in [-0.05, 0) is 62.4 Å². The fraction of sp³-hybridized carbons (Fsp3) is 0.419. The summed E-state index contributed by atoms with van der Waals surface area (Å²) in [4.78, 5) is 58.0. The number of carbonyl (C=O) groups is 4. The van der Waals surface area contributed by atoms with Crippen molar-refractivity contribution >= 4 is 56.8 Å². The van der Waals surface area contributed by atoms with E-state index >= 15 is 0 Å². The Morgan fingerprint density at radius 1 is 1.12 bits per heavy atom. The first kappa shape index (κ1) is 28.9. The number of ether oxygens (including phenoxy) is 1. The van der Waals surface area contributed by atoms with Crippen molar-refractivity contribution in [1.29, 1.82) is 0 Å². The van der Waals surface area contributed by atoms with Crippen LogP contribution in [0.1, 0.15) is 44.6 Å². The van der Waals surface area contributed by atoms with Gasteiger partial charge in [0.1, 0.15) is 5.82 Å². The Hall–Kier alpha value is -3.24. The molecule has 6 atom stereocenters. The second-order valence-electron chi connectivity index (χ2n) is 11.6. The molecule has 4 aliphatic rings. The van der Waals surface area contributed by atoms with Gasteiger partial charge in [0.2, 0.25) is 23.6 Å². The molecule has 11 heteroatoms. The first-order valence-corrected chi connectivity index (χ1v) is 15.1. The van der Waals surface area contributed by atoms with Gasteiger partial charge in [-0.25, -0.2) is 9.29 Å². The molecule has 2 aromatic carbocycles. The number of anilines is 1. The van der Waals surface area contributed by atoms with Gasteiger partial charge >= 0.3 is 0 Å². The number of hydrogen-bond acceptors (Lipinski definition) is 6. The summed E-state index contributed by atoms with van der Waals surface area (Å²) in [6.07, 6.45) is 3.02. The first-order valence-electron chi connectivity index (χ1n) is 13.9. The zero-order chi connectivity index (χ0) is 30.2. The number of hydrogen-bond donors (Lipinski definition) is 1. The number of aromatic hydroxyl groups is 1. The second kappa shape index (κ2) is 10.2. The molecule has 4 amide bonds. The largest absolute Gasteiger partial charge is 0.504 e. The Bertz CT molecular complexity index is 1600. The monoisotopic (exact) mass is 658 g/mol. The molecule has 2 aromatic rings. The Kier molecular flexibility index (Phi) is 7.00. The van der Waals surface area contributed by atoms with Gasteiger partial charge in [-0.15, -0.1) is 0 Å². The fourth-order valence-electron chi connectivity index (χ4n) is 7.71. The summed E-state index contributed by atoms with van der Waals surface area (Å²) in [7, 11) is 1.42. The van der Waals surface area contributed by atoms with Crippen LogP contribution in [0, 0.1) is 34.9 Å². The van der Waals surface area contributed by atoms with Crippen molar-refractivity contribution in [2.75, 3.05) is 18.6 Å². The molecule has 0 bridgehead atoms. The molecular weight excluding hydrogens is 631 g/mol. The maximum atomic E-state index is 14.4. The summed E-state index contributed by atoms with van der Waals surface area (Å²) in [6.45, 7) is 3.92. The molecular formula is C31H29BrClFN2O6. The van der Waals surface area contributed by atoms with Crippen LogP contribution in [0.5, 0.6) is 11.5 Å². The van der Waals surface area contributed by atoms with Crippen molar-refractivity contribution in [2.45, 2.75) is 39.0 Å². The third-order valence-electron chi connectivity index (χ3n) is 9.57. The maximum absolute atomic E-state index is 14.4. The van der Waals surface area contributed by atoms with Crippen molar-refractivity contribution in [3.05, 3.63) is 62.9 Å². The van der Waals surface area contributed by atoms with E-state index in [1.807, 2.05) is 13.0 Å². The predicted molar refractivity (Wildman–Crippen MR) is 155 cm³/mol.